The smallest absolute Gasteiger partial charge is 0.197 e. The Bertz CT molecular complexity index is 366. The van der Waals surface area contributed by atoms with E-state index in [0.717, 1.165) is 0 Å². The first-order chi connectivity index (χ1) is 10.4. The lowest BCUT2D eigenvalue weighted by Gasteiger charge is -2.42. The van der Waals surface area contributed by atoms with Crippen LogP contribution in [0.15, 0.2) is 0 Å². The van der Waals surface area contributed by atoms with E-state index in [0.29, 0.717) is 0 Å². The Morgan fingerprint density at radius 1 is 0.909 bits per heavy atom. The van der Waals surface area contributed by atoms with Crippen molar-refractivity contribution < 1.29 is 50.0 Å². The number of hydrogen-bond donors (Lipinski definition) is 7. The minimum Gasteiger partial charge on any atom is -0.394 e. The van der Waals surface area contributed by atoms with Crippen LogP contribution in [0.3, 0.4) is 0 Å². The highest BCUT2D eigenvalue weighted by Crippen LogP contribution is 2.35. The van der Waals surface area contributed by atoms with E-state index in [1.54, 1.807) is 0 Å². The fourth-order valence-electron chi connectivity index (χ4n) is 2.60. The first-order valence-electron chi connectivity index (χ1n) is 6.93. The van der Waals surface area contributed by atoms with Gasteiger partial charge in [-0.2, -0.15) is 0 Å². The van der Waals surface area contributed by atoms with E-state index in [1.807, 2.05) is 0 Å². The van der Waals surface area contributed by atoms with Crippen molar-refractivity contribution in [3.8, 4) is 0 Å². The maximum absolute atomic E-state index is 9.89. The molecule has 0 saturated carbocycles. The molecule has 10 nitrogen and oxygen atoms in total. The summed E-state index contributed by atoms with van der Waals surface area (Å²) in [6, 6.07) is 0. The summed E-state index contributed by atoms with van der Waals surface area (Å²) in [6.07, 6.45) is -9.76. The molecule has 0 amide bonds. The van der Waals surface area contributed by atoms with Crippen molar-refractivity contribution in [2.45, 2.75) is 55.1 Å². The third-order valence-electron chi connectivity index (χ3n) is 3.92. The van der Waals surface area contributed by atoms with Crippen LogP contribution in [-0.2, 0) is 14.2 Å². The summed E-state index contributed by atoms with van der Waals surface area (Å²) < 4.78 is 15.8. The molecule has 4 unspecified atom stereocenters. The van der Waals surface area contributed by atoms with E-state index < -0.39 is 68.5 Å². The van der Waals surface area contributed by atoms with Crippen molar-refractivity contribution >= 4 is 0 Å². The van der Waals surface area contributed by atoms with Gasteiger partial charge in [-0.3, -0.25) is 0 Å². The Kier molecular flexibility index (Phi) is 5.72. The van der Waals surface area contributed by atoms with E-state index in [4.69, 9.17) is 24.4 Å². The molecule has 7 N–H and O–H groups in total. The number of hydrogen-bond acceptors (Lipinski definition) is 10. The predicted molar refractivity (Wildman–Crippen MR) is 67.3 cm³/mol. The zero-order chi connectivity index (χ0) is 16.5. The standard InChI is InChI=1S/C12H22O10/c13-2-6-5(16)1-12(4-15,21-6)22-11-10(19)9(18)8(17)7(3-14)20-11/h5-11,13-19H,1-4H2/t5?,6-,7?,8-,9?,10?,11-,12-/m1/s1. The van der Waals surface area contributed by atoms with Gasteiger partial charge in [-0.05, 0) is 0 Å². The summed E-state index contributed by atoms with van der Waals surface area (Å²) in [5.41, 5.74) is 0. The topological polar surface area (TPSA) is 169 Å². The molecule has 2 rings (SSSR count). The van der Waals surface area contributed by atoms with Crippen LogP contribution in [-0.4, -0.2) is 104 Å². The maximum atomic E-state index is 9.89. The second-order valence-corrected chi connectivity index (χ2v) is 5.49. The first kappa shape index (κ1) is 17.9. The molecular formula is C12H22O10. The van der Waals surface area contributed by atoms with Crippen LogP contribution in [0.1, 0.15) is 6.42 Å². The van der Waals surface area contributed by atoms with Gasteiger partial charge in [0.15, 0.2) is 12.1 Å². The lowest BCUT2D eigenvalue weighted by Crippen LogP contribution is -2.61. The van der Waals surface area contributed by atoms with Gasteiger partial charge in [0.25, 0.3) is 0 Å². The second kappa shape index (κ2) is 7.01. The summed E-state index contributed by atoms with van der Waals surface area (Å²) in [7, 11) is 0. The summed E-state index contributed by atoms with van der Waals surface area (Å²) in [5, 5.41) is 66.6. The molecular weight excluding hydrogens is 304 g/mol. The fraction of sp³-hybridized carbons (Fsp3) is 1.00. The van der Waals surface area contributed by atoms with Gasteiger partial charge in [0.05, 0.1) is 25.9 Å². The van der Waals surface area contributed by atoms with E-state index in [-0.39, 0.29) is 6.42 Å². The van der Waals surface area contributed by atoms with E-state index in [9.17, 15) is 25.5 Å². The Balaban J connectivity index is 2.10. The number of rotatable bonds is 5. The summed E-state index contributed by atoms with van der Waals surface area (Å²) in [4.78, 5) is 0. The van der Waals surface area contributed by atoms with Crippen molar-refractivity contribution in [3.05, 3.63) is 0 Å². The van der Waals surface area contributed by atoms with E-state index in [2.05, 4.69) is 0 Å². The Morgan fingerprint density at radius 2 is 1.55 bits per heavy atom. The normalized spacial score (nSPS) is 49.5. The maximum Gasteiger partial charge on any atom is 0.197 e. The van der Waals surface area contributed by atoms with Gasteiger partial charge in [-0.1, -0.05) is 0 Å². The number of aliphatic hydroxyl groups excluding tert-OH is 7. The largest absolute Gasteiger partial charge is 0.394 e. The van der Waals surface area contributed by atoms with Gasteiger partial charge in [0, 0.05) is 6.42 Å². The molecule has 22 heavy (non-hydrogen) atoms. The highest BCUT2D eigenvalue weighted by atomic mass is 16.8. The molecule has 0 bridgehead atoms. The van der Waals surface area contributed by atoms with Crippen LogP contribution in [0.2, 0.25) is 0 Å². The van der Waals surface area contributed by atoms with Crippen molar-refractivity contribution in [2.24, 2.45) is 0 Å². The highest BCUT2D eigenvalue weighted by Gasteiger charge is 2.52. The molecule has 0 aliphatic carbocycles. The SMILES string of the molecule is OCC1O[C@H](O[C@@]2(CO)CC(O)[C@@H](CO)O2)C(O)C(O)[C@@H]1O. The lowest BCUT2D eigenvalue weighted by molar-refractivity contribution is -0.371. The van der Waals surface area contributed by atoms with Gasteiger partial charge in [-0.25, -0.2) is 0 Å². The minimum absolute atomic E-state index is 0.191. The van der Waals surface area contributed by atoms with E-state index in [1.165, 1.54) is 0 Å². The Labute approximate surface area is 126 Å². The fourth-order valence-corrected chi connectivity index (χ4v) is 2.60. The molecule has 2 fully saturated rings. The van der Waals surface area contributed by atoms with Gasteiger partial charge in [0.2, 0.25) is 0 Å². The molecule has 8 atom stereocenters. The van der Waals surface area contributed by atoms with Gasteiger partial charge in [0.1, 0.15) is 30.5 Å². The predicted octanol–water partition coefficient (Wildman–Crippen LogP) is -4.37. The van der Waals surface area contributed by atoms with Crippen LogP contribution < -0.4 is 0 Å². The van der Waals surface area contributed by atoms with Crippen LogP contribution >= 0.6 is 0 Å². The summed E-state index contributed by atoms with van der Waals surface area (Å²) in [6.45, 7) is -1.82. The van der Waals surface area contributed by atoms with Crippen molar-refractivity contribution in [2.75, 3.05) is 19.8 Å². The van der Waals surface area contributed by atoms with Crippen molar-refractivity contribution in [1.82, 2.24) is 0 Å². The molecule has 2 heterocycles. The molecule has 0 spiro atoms. The molecule has 0 aromatic carbocycles. The molecule has 130 valence electrons. The summed E-state index contributed by atoms with van der Waals surface area (Å²) in [5.74, 6) is -1.74. The molecule has 0 aromatic rings. The molecule has 2 aliphatic heterocycles. The number of ether oxygens (including phenoxy) is 3. The van der Waals surface area contributed by atoms with Crippen LogP contribution in [0.4, 0.5) is 0 Å². The van der Waals surface area contributed by atoms with Gasteiger partial charge >= 0.3 is 0 Å². The molecule has 0 aromatic heterocycles. The average Bonchev–Trinajstić information content (AvgIpc) is 2.84. The highest BCUT2D eigenvalue weighted by molar-refractivity contribution is 4.92. The molecule has 10 heteroatoms. The van der Waals surface area contributed by atoms with Crippen LogP contribution in [0.25, 0.3) is 0 Å². The Morgan fingerprint density at radius 3 is 2.05 bits per heavy atom. The molecule has 2 saturated heterocycles. The zero-order valence-corrected chi connectivity index (χ0v) is 11.7. The van der Waals surface area contributed by atoms with Crippen LogP contribution in [0.5, 0.6) is 0 Å². The molecule has 0 radical (unpaired) electrons. The first-order valence-corrected chi connectivity index (χ1v) is 6.93. The molecule has 2 aliphatic rings. The van der Waals surface area contributed by atoms with Crippen molar-refractivity contribution in [3.63, 3.8) is 0 Å². The second-order valence-electron chi connectivity index (χ2n) is 5.49. The number of aliphatic hydroxyl groups is 7. The summed E-state index contributed by atoms with van der Waals surface area (Å²) >= 11 is 0. The minimum atomic E-state index is -1.74. The van der Waals surface area contributed by atoms with Crippen molar-refractivity contribution in [1.29, 1.82) is 0 Å². The zero-order valence-electron chi connectivity index (χ0n) is 11.7. The van der Waals surface area contributed by atoms with Crippen LogP contribution in [0, 0.1) is 0 Å². The Hall–Kier alpha value is -0.400. The third kappa shape index (κ3) is 3.26. The monoisotopic (exact) mass is 326 g/mol. The van der Waals surface area contributed by atoms with Gasteiger partial charge in [-0.15, -0.1) is 0 Å². The third-order valence-corrected chi connectivity index (χ3v) is 3.92. The average molecular weight is 326 g/mol. The quantitative estimate of drug-likeness (QED) is 0.262. The van der Waals surface area contributed by atoms with E-state index >= 15 is 0 Å². The lowest BCUT2D eigenvalue weighted by atomic mass is 9.99. The van der Waals surface area contributed by atoms with Gasteiger partial charge < -0.3 is 50.0 Å².